The van der Waals surface area contributed by atoms with E-state index >= 15 is 0 Å². The average molecular weight is 177 g/mol. The molecule has 0 radical (unpaired) electrons. The summed E-state index contributed by atoms with van der Waals surface area (Å²) in [6.07, 6.45) is 1.03. The van der Waals surface area contributed by atoms with E-state index in [0.717, 1.165) is 24.7 Å². The molecule has 0 spiro atoms. The lowest BCUT2D eigenvalue weighted by molar-refractivity contribution is 0.399. The Bertz CT molecular complexity index is 299. The third-order valence-corrected chi connectivity index (χ3v) is 1.82. The summed E-state index contributed by atoms with van der Waals surface area (Å²) in [5.74, 6) is 0. The molecule has 0 saturated heterocycles. The van der Waals surface area contributed by atoms with Crippen molar-refractivity contribution in [1.29, 1.82) is 5.26 Å². The lowest BCUT2D eigenvalue weighted by atomic mass is 10.0. The Morgan fingerprint density at radius 2 is 2.00 bits per heavy atom. The van der Waals surface area contributed by atoms with Gasteiger partial charge >= 0.3 is 0 Å². The molecular weight excluding hydrogens is 162 g/mol. The fourth-order valence-electron chi connectivity index (χ4n) is 1.07. The van der Waals surface area contributed by atoms with Gasteiger partial charge in [0.2, 0.25) is 0 Å². The summed E-state index contributed by atoms with van der Waals surface area (Å²) in [7, 11) is 1.00. The molecule has 0 fully saturated rings. The fraction of sp³-hybridized carbons (Fsp3) is 0.364. The summed E-state index contributed by atoms with van der Waals surface area (Å²) < 4.78 is 0. The second-order valence-electron chi connectivity index (χ2n) is 2.61. The Labute approximate surface area is 79.4 Å². The maximum atomic E-state index is 8.63. The van der Waals surface area contributed by atoms with Gasteiger partial charge in [0, 0.05) is 7.11 Å². The van der Waals surface area contributed by atoms with Gasteiger partial charge in [0.05, 0.1) is 11.6 Å². The molecule has 0 heterocycles. The van der Waals surface area contributed by atoms with E-state index in [9.17, 15) is 0 Å². The molecule has 1 aromatic rings. The van der Waals surface area contributed by atoms with E-state index in [1.807, 2.05) is 19.1 Å². The molecule has 0 aliphatic heterocycles. The number of aliphatic hydroxyl groups is 1. The zero-order valence-corrected chi connectivity index (χ0v) is 8.33. The quantitative estimate of drug-likeness (QED) is 0.713. The lowest BCUT2D eigenvalue weighted by Crippen LogP contribution is -1.85. The first kappa shape index (κ1) is 11.7. The minimum Gasteiger partial charge on any atom is -0.400 e. The second-order valence-corrected chi connectivity index (χ2v) is 2.61. The van der Waals surface area contributed by atoms with Crippen LogP contribution < -0.4 is 0 Å². The van der Waals surface area contributed by atoms with E-state index in [4.69, 9.17) is 10.4 Å². The Balaban J connectivity index is 0.000000671. The van der Waals surface area contributed by atoms with E-state index in [1.54, 1.807) is 0 Å². The van der Waals surface area contributed by atoms with Gasteiger partial charge in [-0.2, -0.15) is 5.26 Å². The Morgan fingerprint density at radius 3 is 2.38 bits per heavy atom. The number of benzene rings is 1. The Morgan fingerprint density at radius 1 is 1.38 bits per heavy atom. The van der Waals surface area contributed by atoms with Crippen molar-refractivity contribution in [3.63, 3.8) is 0 Å². The smallest absolute Gasteiger partial charge is 0.0994 e. The van der Waals surface area contributed by atoms with E-state index < -0.39 is 0 Å². The maximum absolute atomic E-state index is 8.63. The van der Waals surface area contributed by atoms with Gasteiger partial charge in [-0.05, 0) is 30.5 Å². The van der Waals surface area contributed by atoms with Crippen LogP contribution >= 0.6 is 0 Å². The molecule has 0 unspecified atom stereocenters. The Kier molecular flexibility index (Phi) is 5.58. The minimum absolute atomic E-state index is 0.780. The molecule has 70 valence electrons. The van der Waals surface area contributed by atoms with E-state index in [0.29, 0.717) is 0 Å². The van der Waals surface area contributed by atoms with Crippen molar-refractivity contribution in [2.24, 2.45) is 0 Å². The van der Waals surface area contributed by atoms with Crippen LogP contribution in [0.2, 0.25) is 0 Å². The largest absolute Gasteiger partial charge is 0.400 e. The van der Waals surface area contributed by atoms with Gasteiger partial charge in [0.25, 0.3) is 0 Å². The second kappa shape index (κ2) is 6.22. The van der Waals surface area contributed by atoms with Gasteiger partial charge < -0.3 is 5.11 Å². The van der Waals surface area contributed by atoms with Crippen molar-refractivity contribution in [2.45, 2.75) is 20.3 Å². The van der Waals surface area contributed by atoms with Gasteiger partial charge in [-0.15, -0.1) is 0 Å². The van der Waals surface area contributed by atoms with Crippen LogP contribution in [0, 0.1) is 18.3 Å². The SMILES string of the molecule is CCc1ccc(C#N)c(C)c1.CO. The van der Waals surface area contributed by atoms with Crippen molar-refractivity contribution in [3.05, 3.63) is 34.9 Å². The van der Waals surface area contributed by atoms with Crippen LogP contribution in [-0.4, -0.2) is 12.2 Å². The zero-order chi connectivity index (χ0) is 10.3. The molecule has 0 amide bonds. The molecule has 13 heavy (non-hydrogen) atoms. The highest BCUT2D eigenvalue weighted by atomic mass is 16.2. The van der Waals surface area contributed by atoms with Gasteiger partial charge in [0.1, 0.15) is 0 Å². The van der Waals surface area contributed by atoms with Crippen molar-refractivity contribution in [3.8, 4) is 6.07 Å². The average Bonchev–Trinajstić information content (AvgIpc) is 2.20. The summed E-state index contributed by atoms with van der Waals surface area (Å²) >= 11 is 0. The number of nitriles is 1. The first-order valence-electron chi connectivity index (χ1n) is 4.22. The summed E-state index contributed by atoms with van der Waals surface area (Å²) in [4.78, 5) is 0. The van der Waals surface area contributed by atoms with Crippen LogP contribution in [0.4, 0.5) is 0 Å². The molecule has 1 N–H and O–H groups in total. The van der Waals surface area contributed by atoms with E-state index in [-0.39, 0.29) is 0 Å². The highest BCUT2D eigenvalue weighted by molar-refractivity contribution is 5.39. The predicted molar refractivity (Wildman–Crippen MR) is 53.4 cm³/mol. The number of hydrogen-bond donors (Lipinski definition) is 1. The number of nitrogens with zero attached hydrogens (tertiary/aromatic N) is 1. The van der Waals surface area contributed by atoms with E-state index in [2.05, 4.69) is 19.1 Å². The molecule has 0 aliphatic rings. The first-order valence-corrected chi connectivity index (χ1v) is 4.22. The number of hydrogen-bond acceptors (Lipinski definition) is 2. The molecule has 0 aliphatic carbocycles. The Hall–Kier alpha value is -1.33. The standard InChI is InChI=1S/C10H11N.CH4O/c1-3-9-4-5-10(7-11)8(2)6-9;1-2/h4-6H,3H2,1-2H3;2H,1H3. The summed E-state index contributed by atoms with van der Waals surface area (Å²) in [6.45, 7) is 4.08. The van der Waals surface area contributed by atoms with Gasteiger partial charge in [-0.1, -0.05) is 19.1 Å². The van der Waals surface area contributed by atoms with Crippen LogP contribution in [0.3, 0.4) is 0 Å². The van der Waals surface area contributed by atoms with Crippen molar-refractivity contribution >= 4 is 0 Å². The molecular formula is C11H15NO. The van der Waals surface area contributed by atoms with Gasteiger partial charge in [0.15, 0.2) is 0 Å². The lowest BCUT2D eigenvalue weighted by Gasteiger charge is -1.99. The van der Waals surface area contributed by atoms with Crippen molar-refractivity contribution in [1.82, 2.24) is 0 Å². The van der Waals surface area contributed by atoms with Crippen LogP contribution in [-0.2, 0) is 6.42 Å². The van der Waals surface area contributed by atoms with Crippen LogP contribution in [0.5, 0.6) is 0 Å². The molecule has 1 aromatic carbocycles. The topological polar surface area (TPSA) is 44.0 Å². The third kappa shape index (κ3) is 3.27. The highest BCUT2D eigenvalue weighted by Gasteiger charge is 1.96. The highest BCUT2D eigenvalue weighted by Crippen LogP contribution is 2.09. The molecule has 0 bridgehead atoms. The molecule has 2 nitrogen and oxygen atoms in total. The van der Waals surface area contributed by atoms with Crippen LogP contribution in [0.25, 0.3) is 0 Å². The van der Waals surface area contributed by atoms with Gasteiger partial charge in [-0.3, -0.25) is 0 Å². The normalized spacial score (nSPS) is 8.23. The van der Waals surface area contributed by atoms with E-state index in [1.165, 1.54) is 5.56 Å². The van der Waals surface area contributed by atoms with Crippen molar-refractivity contribution < 1.29 is 5.11 Å². The summed E-state index contributed by atoms with van der Waals surface area (Å²) in [5, 5.41) is 15.6. The number of rotatable bonds is 1. The summed E-state index contributed by atoms with van der Waals surface area (Å²) in [5.41, 5.74) is 3.15. The van der Waals surface area contributed by atoms with Gasteiger partial charge in [-0.25, -0.2) is 0 Å². The first-order chi connectivity index (χ1) is 6.27. The van der Waals surface area contributed by atoms with Crippen molar-refractivity contribution in [2.75, 3.05) is 7.11 Å². The van der Waals surface area contributed by atoms with Crippen LogP contribution in [0.1, 0.15) is 23.6 Å². The minimum atomic E-state index is 0.780. The zero-order valence-electron chi connectivity index (χ0n) is 8.33. The number of aryl methyl sites for hydroxylation is 2. The molecule has 2 heteroatoms. The third-order valence-electron chi connectivity index (χ3n) is 1.82. The monoisotopic (exact) mass is 177 g/mol. The molecule has 0 aromatic heterocycles. The predicted octanol–water partition coefficient (Wildman–Crippen LogP) is 2.04. The molecule has 0 atom stereocenters. The summed E-state index contributed by atoms with van der Waals surface area (Å²) in [6, 6.07) is 8.10. The molecule has 0 saturated carbocycles. The van der Waals surface area contributed by atoms with Crippen LogP contribution in [0.15, 0.2) is 18.2 Å². The molecule has 1 rings (SSSR count). The fourth-order valence-corrected chi connectivity index (χ4v) is 1.07. The maximum Gasteiger partial charge on any atom is 0.0994 e. The number of aliphatic hydroxyl groups excluding tert-OH is 1.